The molecule has 1 aliphatic rings. The second-order valence-corrected chi connectivity index (χ2v) is 13.6. The molecule has 7 rings (SSSR count). The first-order valence-corrected chi connectivity index (χ1v) is 17.7. The minimum absolute atomic E-state index is 0.0301. The minimum Gasteiger partial charge on any atom is -0.298 e. The van der Waals surface area contributed by atoms with Gasteiger partial charge in [0.25, 0.3) is 0 Å². The van der Waals surface area contributed by atoms with E-state index in [-0.39, 0.29) is 11.6 Å². The van der Waals surface area contributed by atoms with Crippen LogP contribution in [0.5, 0.6) is 0 Å². The first kappa shape index (κ1) is 34.1. The van der Waals surface area contributed by atoms with Crippen LogP contribution in [0.25, 0.3) is 0 Å². The fourth-order valence-corrected chi connectivity index (χ4v) is 7.90. The zero-order valence-electron chi connectivity index (χ0n) is 27.2. The first-order chi connectivity index (χ1) is 23.6. The highest BCUT2D eigenvalue weighted by atomic mass is 31.1. The monoisotopic (exact) mass is 646 g/mol. The molecule has 3 nitrogen and oxygen atoms in total. The molecule has 0 bridgehead atoms. The Morgan fingerprint density at radius 2 is 0.896 bits per heavy atom. The molecule has 48 heavy (non-hydrogen) atoms. The molecule has 0 atom stereocenters. The van der Waals surface area contributed by atoms with E-state index in [0.717, 1.165) is 30.3 Å². The van der Waals surface area contributed by atoms with E-state index in [9.17, 15) is 14.4 Å². The Balaban J connectivity index is 0.000000154. The summed E-state index contributed by atoms with van der Waals surface area (Å²) in [7, 11) is -0.446. The number of benzene rings is 6. The van der Waals surface area contributed by atoms with Gasteiger partial charge in [-0.05, 0) is 48.3 Å². The van der Waals surface area contributed by atoms with Gasteiger partial charge in [-0.1, -0.05) is 177 Å². The van der Waals surface area contributed by atoms with Crippen LogP contribution in [0.4, 0.5) is 0 Å². The van der Waals surface area contributed by atoms with Gasteiger partial charge in [-0.25, -0.2) is 0 Å². The summed E-state index contributed by atoms with van der Waals surface area (Å²) in [5, 5.41) is 4.19. The molecule has 6 aromatic carbocycles. The van der Waals surface area contributed by atoms with Crippen LogP contribution < -0.4 is 15.9 Å². The van der Waals surface area contributed by atoms with Gasteiger partial charge in [-0.15, -0.1) is 0 Å². The Bertz CT molecular complexity index is 1830. The second kappa shape index (κ2) is 17.6. The quantitative estimate of drug-likeness (QED) is 0.0940. The van der Waals surface area contributed by atoms with E-state index >= 15 is 0 Å². The molecule has 0 aliphatic heterocycles. The molecular formula is C44H39O3P. The van der Waals surface area contributed by atoms with E-state index in [1.807, 2.05) is 36.4 Å². The number of hydrogen-bond donors (Lipinski definition) is 0. The predicted octanol–water partition coefficient (Wildman–Crippen LogP) is 9.14. The molecule has 0 saturated heterocycles. The predicted molar refractivity (Wildman–Crippen MR) is 200 cm³/mol. The number of aldehydes is 1. The molecule has 1 aliphatic carbocycles. The lowest BCUT2D eigenvalue weighted by molar-refractivity contribution is 0.0979. The molecule has 6 aromatic rings. The van der Waals surface area contributed by atoms with E-state index in [4.69, 9.17) is 0 Å². The summed E-state index contributed by atoms with van der Waals surface area (Å²) in [6, 6.07) is 54.2. The minimum atomic E-state index is -0.446. The number of carbonyl (C=O) groups excluding carboxylic acids is 3. The summed E-state index contributed by atoms with van der Waals surface area (Å²) in [6.07, 6.45) is 5.28. The summed E-state index contributed by atoms with van der Waals surface area (Å²) in [5.74, 6) is -0.0714. The van der Waals surface area contributed by atoms with Gasteiger partial charge in [0.1, 0.15) is 6.29 Å². The maximum absolute atomic E-state index is 12.6. The van der Waals surface area contributed by atoms with Crippen LogP contribution in [-0.2, 0) is 6.42 Å². The van der Waals surface area contributed by atoms with Crippen molar-refractivity contribution in [2.75, 3.05) is 0 Å². The van der Waals surface area contributed by atoms with Crippen molar-refractivity contribution >= 4 is 41.7 Å². The number of fused-ring (bicyclic) bond motifs is 2. The van der Waals surface area contributed by atoms with Crippen LogP contribution in [0.1, 0.15) is 74.0 Å². The maximum Gasteiger partial charge on any atom is 0.194 e. The molecule has 0 spiro atoms. The summed E-state index contributed by atoms with van der Waals surface area (Å²) in [6.45, 7) is 2.17. The number of aryl methyl sites for hydroxylation is 1. The molecule has 0 amide bonds. The van der Waals surface area contributed by atoms with Gasteiger partial charge in [0, 0.05) is 27.8 Å². The average molecular weight is 647 g/mol. The summed E-state index contributed by atoms with van der Waals surface area (Å²) >= 11 is 0. The van der Waals surface area contributed by atoms with E-state index < -0.39 is 7.92 Å². The number of hydrogen-bond acceptors (Lipinski definition) is 3. The lowest BCUT2D eigenvalue weighted by Crippen LogP contribution is -2.20. The number of unbranched alkanes of at least 4 members (excludes halogenated alkanes) is 2. The van der Waals surface area contributed by atoms with Crippen LogP contribution in [0.2, 0.25) is 0 Å². The van der Waals surface area contributed by atoms with E-state index in [1.54, 1.807) is 36.4 Å². The molecular weight excluding hydrogens is 607 g/mol. The maximum atomic E-state index is 12.6. The third-order valence-corrected chi connectivity index (χ3v) is 10.5. The third kappa shape index (κ3) is 8.76. The number of carbonyl (C=O) groups is 3. The lowest BCUT2D eigenvalue weighted by atomic mass is 9.83. The summed E-state index contributed by atoms with van der Waals surface area (Å²) < 4.78 is 0. The molecule has 0 N–H and O–H groups in total. The molecule has 0 radical (unpaired) electrons. The van der Waals surface area contributed by atoms with Gasteiger partial charge < -0.3 is 0 Å². The third-order valence-electron chi connectivity index (χ3n) is 8.04. The van der Waals surface area contributed by atoms with Crippen molar-refractivity contribution in [1.29, 1.82) is 0 Å². The normalized spacial score (nSPS) is 11.3. The largest absolute Gasteiger partial charge is 0.298 e. The van der Waals surface area contributed by atoms with Crippen molar-refractivity contribution in [3.8, 4) is 0 Å². The molecule has 0 fully saturated rings. The van der Waals surface area contributed by atoms with Crippen molar-refractivity contribution < 1.29 is 14.4 Å². The van der Waals surface area contributed by atoms with Gasteiger partial charge >= 0.3 is 0 Å². The van der Waals surface area contributed by atoms with Gasteiger partial charge in [-0.3, -0.25) is 14.4 Å². The van der Waals surface area contributed by atoms with Crippen LogP contribution in [0, 0.1) is 0 Å². The van der Waals surface area contributed by atoms with E-state index in [2.05, 4.69) is 97.9 Å². The number of ketones is 2. The molecule has 0 unspecified atom stereocenters. The Hall–Kier alpha value is -5.24. The van der Waals surface area contributed by atoms with Crippen molar-refractivity contribution in [1.82, 2.24) is 0 Å². The second-order valence-electron chi connectivity index (χ2n) is 11.4. The van der Waals surface area contributed by atoms with Gasteiger partial charge in [-0.2, -0.15) is 0 Å². The highest BCUT2D eigenvalue weighted by Gasteiger charge is 2.29. The highest BCUT2D eigenvalue weighted by Crippen LogP contribution is 2.32. The fraction of sp³-hybridized carbons (Fsp3) is 0.114. The van der Waals surface area contributed by atoms with E-state index in [0.29, 0.717) is 22.3 Å². The van der Waals surface area contributed by atoms with Crippen molar-refractivity contribution in [2.45, 2.75) is 32.6 Å². The zero-order valence-corrected chi connectivity index (χ0v) is 28.1. The topological polar surface area (TPSA) is 51.2 Å². The summed E-state index contributed by atoms with van der Waals surface area (Å²) in [5.41, 5.74) is 4.02. The smallest absolute Gasteiger partial charge is 0.194 e. The Morgan fingerprint density at radius 3 is 1.33 bits per heavy atom. The van der Waals surface area contributed by atoms with Crippen molar-refractivity contribution in [3.05, 3.63) is 197 Å². The SMILES string of the molecule is CCCCCc1ccc2c(c1)C(=O)c1ccccc1C2=O.O=Cc1ccccc1.c1ccc(P(c2ccccc2)c2ccccc2)cc1. The first-order valence-electron chi connectivity index (χ1n) is 16.4. The highest BCUT2D eigenvalue weighted by molar-refractivity contribution is 7.79. The van der Waals surface area contributed by atoms with Crippen LogP contribution >= 0.6 is 7.92 Å². The van der Waals surface area contributed by atoms with Crippen LogP contribution in [-0.4, -0.2) is 17.9 Å². The van der Waals surface area contributed by atoms with E-state index in [1.165, 1.54) is 28.8 Å². The standard InChI is InChI=1S/C19H18O2.C18H15P.C7H6O/c1-2-3-4-7-13-10-11-16-17(12-13)19(21)15-9-6-5-8-14(15)18(16)20;1-4-10-16(11-5-1)19(17-12-6-2-7-13-17)18-14-8-3-9-15-18;8-6-7-4-2-1-3-5-7/h5-6,8-12H,2-4,7H2,1H3;1-15H;1-6H. The molecule has 0 saturated carbocycles. The van der Waals surface area contributed by atoms with Crippen LogP contribution in [0.15, 0.2) is 164 Å². The average Bonchev–Trinajstić information content (AvgIpc) is 3.16. The van der Waals surface area contributed by atoms with Crippen molar-refractivity contribution in [2.24, 2.45) is 0 Å². The fourth-order valence-electron chi connectivity index (χ4n) is 5.59. The zero-order chi connectivity index (χ0) is 33.6. The Labute approximate surface area is 285 Å². The van der Waals surface area contributed by atoms with Gasteiger partial charge in [0.05, 0.1) is 0 Å². The number of rotatable bonds is 8. The molecule has 0 aromatic heterocycles. The molecule has 238 valence electrons. The summed E-state index contributed by atoms with van der Waals surface area (Å²) in [4.78, 5) is 35.1. The Kier molecular flexibility index (Phi) is 12.5. The lowest BCUT2D eigenvalue weighted by Gasteiger charge is -2.18. The van der Waals surface area contributed by atoms with Gasteiger partial charge in [0.15, 0.2) is 11.6 Å². The molecule has 0 heterocycles. The van der Waals surface area contributed by atoms with Crippen LogP contribution in [0.3, 0.4) is 0 Å². The van der Waals surface area contributed by atoms with Crippen molar-refractivity contribution in [3.63, 3.8) is 0 Å². The molecule has 4 heteroatoms. The Morgan fingerprint density at radius 1 is 0.479 bits per heavy atom. The van der Waals surface area contributed by atoms with Gasteiger partial charge in [0.2, 0.25) is 0 Å².